The molecule has 0 saturated carbocycles. The van der Waals surface area contributed by atoms with Crippen molar-refractivity contribution in [2.75, 3.05) is 0 Å². The lowest BCUT2D eigenvalue weighted by atomic mass is 9.60. The fraction of sp³-hybridized carbons (Fsp3) is 0.733. The van der Waals surface area contributed by atoms with Crippen molar-refractivity contribution in [1.29, 1.82) is 5.26 Å². The van der Waals surface area contributed by atoms with Crippen LogP contribution in [0.1, 0.15) is 47.0 Å². The van der Waals surface area contributed by atoms with Crippen LogP contribution in [0.3, 0.4) is 0 Å². The molecule has 3 heteroatoms. The van der Waals surface area contributed by atoms with Crippen molar-refractivity contribution in [3.8, 4) is 6.07 Å². The number of hydrogen-bond acceptors (Lipinski definition) is 3. The van der Waals surface area contributed by atoms with Crippen LogP contribution in [0.15, 0.2) is 11.6 Å². The van der Waals surface area contributed by atoms with Crippen LogP contribution in [-0.2, 0) is 9.53 Å². The van der Waals surface area contributed by atoms with Gasteiger partial charge in [-0.2, -0.15) is 5.26 Å². The summed E-state index contributed by atoms with van der Waals surface area (Å²) in [5.41, 5.74) is -0.492. The molecule has 0 aromatic carbocycles. The van der Waals surface area contributed by atoms with Gasteiger partial charge in [0.25, 0.3) is 0 Å². The van der Waals surface area contributed by atoms with E-state index < -0.39 is 5.41 Å². The van der Waals surface area contributed by atoms with E-state index in [2.05, 4.69) is 13.8 Å². The van der Waals surface area contributed by atoms with Crippen molar-refractivity contribution in [2.45, 2.75) is 59.2 Å². The molecule has 1 heterocycles. The summed E-state index contributed by atoms with van der Waals surface area (Å²) in [6.07, 6.45) is 4.93. The lowest BCUT2D eigenvalue weighted by Crippen LogP contribution is -2.55. The zero-order chi connectivity index (χ0) is 13.6. The molecular weight excluding hydrogens is 226 g/mol. The first-order valence-electron chi connectivity index (χ1n) is 6.68. The van der Waals surface area contributed by atoms with E-state index in [1.165, 1.54) is 0 Å². The second-order valence-electron chi connectivity index (χ2n) is 6.31. The Balaban J connectivity index is 2.45. The van der Waals surface area contributed by atoms with Gasteiger partial charge in [-0.15, -0.1) is 0 Å². The molecule has 3 nitrogen and oxygen atoms in total. The maximum atomic E-state index is 12.3. The SMILES string of the molecule is CC[C@@H]1CC[C@@]2(C)C=C(C#N)C(=O)C(C)(C)[C@@H]2O1. The van der Waals surface area contributed by atoms with E-state index in [1.807, 2.05) is 26.0 Å². The normalized spacial score (nSPS) is 38.6. The number of allylic oxidation sites excluding steroid dienone is 1. The lowest BCUT2D eigenvalue weighted by Gasteiger charge is -2.51. The number of ketones is 1. The van der Waals surface area contributed by atoms with Gasteiger partial charge in [-0.05, 0) is 33.1 Å². The molecule has 1 aliphatic carbocycles. The fourth-order valence-electron chi connectivity index (χ4n) is 3.41. The number of ether oxygens (including phenoxy) is 1. The minimum absolute atomic E-state index is 0.0794. The van der Waals surface area contributed by atoms with Gasteiger partial charge in [-0.25, -0.2) is 0 Å². The summed E-state index contributed by atoms with van der Waals surface area (Å²) in [6, 6.07) is 2.05. The summed E-state index contributed by atoms with van der Waals surface area (Å²) in [4.78, 5) is 12.3. The van der Waals surface area contributed by atoms with E-state index >= 15 is 0 Å². The zero-order valence-electron chi connectivity index (χ0n) is 11.6. The second-order valence-corrected chi connectivity index (χ2v) is 6.31. The van der Waals surface area contributed by atoms with Crippen LogP contribution < -0.4 is 0 Å². The smallest absolute Gasteiger partial charge is 0.181 e. The minimum atomic E-state index is -0.609. The molecule has 0 unspecified atom stereocenters. The first kappa shape index (κ1) is 13.3. The molecule has 0 aromatic rings. The molecule has 2 aliphatic rings. The first-order valence-corrected chi connectivity index (χ1v) is 6.68. The molecule has 1 fully saturated rings. The van der Waals surface area contributed by atoms with E-state index in [9.17, 15) is 4.79 Å². The fourth-order valence-corrected chi connectivity index (χ4v) is 3.41. The van der Waals surface area contributed by atoms with Gasteiger partial charge < -0.3 is 4.74 Å². The number of fused-ring (bicyclic) bond motifs is 1. The summed E-state index contributed by atoms with van der Waals surface area (Å²) in [7, 11) is 0. The zero-order valence-corrected chi connectivity index (χ0v) is 11.6. The third-order valence-electron chi connectivity index (χ3n) is 4.47. The largest absolute Gasteiger partial charge is 0.373 e. The Hall–Kier alpha value is -1.14. The number of carbonyl (C=O) groups excluding carboxylic acids is 1. The molecule has 1 aliphatic heterocycles. The molecule has 0 spiro atoms. The number of Topliss-reactive ketones (excluding diaryl/α,β-unsaturated/α-hetero) is 1. The van der Waals surface area contributed by atoms with E-state index in [0.29, 0.717) is 5.57 Å². The Morgan fingerprint density at radius 1 is 1.50 bits per heavy atom. The maximum absolute atomic E-state index is 12.3. The van der Waals surface area contributed by atoms with Crippen LogP contribution >= 0.6 is 0 Å². The van der Waals surface area contributed by atoms with Crippen LogP contribution in [0.4, 0.5) is 0 Å². The van der Waals surface area contributed by atoms with Gasteiger partial charge in [0.05, 0.1) is 23.2 Å². The highest BCUT2D eigenvalue weighted by Gasteiger charge is 2.54. The quantitative estimate of drug-likeness (QED) is 0.715. The maximum Gasteiger partial charge on any atom is 0.181 e. The van der Waals surface area contributed by atoms with E-state index in [1.54, 1.807) is 0 Å². The number of hydrogen-bond donors (Lipinski definition) is 0. The van der Waals surface area contributed by atoms with Crippen molar-refractivity contribution in [3.63, 3.8) is 0 Å². The molecule has 0 bridgehead atoms. The predicted octanol–water partition coefficient (Wildman–Crippen LogP) is 3.01. The number of carbonyl (C=O) groups is 1. The second kappa shape index (κ2) is 4.20. The average Bonchev–Trinajstić information content (AvgIpc) is 2.34. The van der Waals surface area contributed by atoms with Crippen LogP contribution in [0.25, 0.3) is 0 Å². The van der Waals surface area contributed by atoms with E-state index in [0.717, 1.165) is 19.3 Å². The number of nitrogens with zero attached hydrogens (tertiary/aromatic N) is 1. The topological polar surface area (TPSA) is 50.1 Å². The van der Waals surface area contributed by atoms with Crippen molar-refractivity contribution in [2.24, 2.45) is 10.8 Å². The highest BCUT2D eigenvalue weighted by Crippen LogP contribution is 2.50. The Morgan fingerprint density at radius 2 is 2.17 bits per heavy atom. The van der Waals surface area contributed by atoms with Crippen LogP contribution in [0.5, 0.6) is 0 Å². The molecule has 0 radical (unpaired) electrons. The third-order valence-corrected chi connectivity index (χ3v) is 4.47. The molecule has 3 atom stereocenters. The van der Waals surface area contributed by atoms with Crippen molar-refractivity contribution < 1.29 is 9.53 Å². The monoisotopic (exact) mass is 247 g/mol. The molecule has 0 N–H and O–H groups in total. The van der Waals surface area contributed by atoms with E-state index in [4.69, 9.17) is 10.00 Å². The molecule has 0 amide bonds. The van der Waals surface area contributed by atoms with E-state index in [-0.39, 0.29) is 23.4 Å². The number of nitriles is 1. The number of rotatable bonds is 1. The summed E-state index contributed by atoms with van der Waals surface area (Å²) in [6.45, 7) is 8.03. The molecular formula is C15H21NO2. The van der Waals surface area contributed by atoms with Crippen molar-refractivity contribution in [1.82, 2.24) is 0 Å². The van der Waals surface area contributed by atoms with Gasteiger partial charge >= 0.3 is 0 Å². The van der Waals surface area contributed by atoms with Gasteiger partial charge in [-0.3, -0.25) is 4.79 Å². The van der Waals surface area contributed by atoms with Gasteiger partial charge in [-0.1, -0.05) is 19.9 Å². The molecule has 1 saturated heterocycles. The molecule has 98 valence electrons. The van der Waals surface area contributed by atoms with Crippen molar-refractivity contribution in [3.05, 3.63) is 11.6 Å². The minimum Gasteiger partial charge on any atom is -0.373 e. The molecule has 0 aromatic heterocycles. The van der Waals surface area contributed by atoms with Crippen LogP contribution in [0, 0.1) is 22.2 Å². The summed E-state index contributed by atoms with van der Waals surface area (Å²) in [5.74, 6) is -0.0794. The Morgan fingerprint density at radius 3 is 2.72 bits per heavy atom. The van der Waals surface area contributed by atoms with Crippen LogP contribution in [0.2, 0.25) is 0 Å². The molecule has 18 heavy (non-hydrogen) atoms. The van der Waals surface area contributed by atoms with Gasteiger partial charge in [0.1, 0.15) is 6.07 Å². The predicted molar refractivity (Wildman–Crippen MR) is 68.8 cm³/mol. The highest BCUT2D eigenvalue weighted by molar-refractivity contribution is 6.04. The third kappa shape index (κ3) is 1.80. The summed E-state index contributed by atoms with van der Waals surface area (Å²) >= 11 is 0. The lowest BCUT2D eigenvalue weighted by molar-refractivity contribution is -0.171. The Labute approximate surface area is 109 Å². The van der Waals surface area contributed by atoms with Gasteiger partial charge in [0.2, 0.25) is 0 Å². The van der Waals surface area contributed by atoms with Gasteiger partial charge in [0, 0.05) is 5.41 Å². The standard InChI is InChI=1S/C15H21NO2/c1-5-11-6-7-15(4)8-10(9-16)12(17)14(2,3)13(15)18-11/h8,11,13H,5-7H2,1-4H3/t11-,13+,15+/m1/s1. The molecule has 2 rings (SSSR count). The Bertz CT molecular complexity index is 444. The Kier molecular flexibility index (Phi) is 3.11. The highest BCUT2D eigenvalue weighted by atomic mass is 16.5. The summed E-state index contributed by atoms with van der Waals surface area (Å²) in [5, 5.41) is 9.12. The first-order chi connectivity index (χ1) is 8.35. The van der Waals surface area contributed by atoms with Crippen molar-refractivity contribution >= 4 is 5.78 Å². The van der Waals surface area contributed by atoms with Gasteiger partial charge in [0.15, 0.2) is 5.78 Å². The summed E-state index contributed by atoms with van der Waals surface area (Å²) < 4.78 is 6.15. The average molecular weight is 247 g/mol. The van der Waals surface area contributed by atoms with Crippen LogP contribution in [-0.4, -0.2) is 18.0 Å².